The molecule has 2 fully saturated rings. The van der Waals surface area contributed by atoms with Crippen LogP contribution in [-0.4, -0.2) is 27.3 Å². The van der Waals surface area contributed by atoms with Gasteiger partial charge in [-0.05, 0) is 37.7 Å². The predicted molar refractivity (Wildman–Crippen MR) is 73.5 cm³/mol. The Morgan fingerprint density at radius 1 is 1.14 bits per heavy atom. The molecule has 21 heavy (non-hydrogen) atoms. The van der Waals surface area contributed by atoms with E-state index < -0.39 is 11.9 Å². The fraction of sp³-hybridized carbons (Fsp3) is 0.800. The third-order valence-corrected chi connectivity index (χ3v) is 4.54. The fourth-order valence-corrected chi connectivity index (χ4v) is 3.24. The van der Waals surface area contributed by atoms with Gasteiger partial charge in [0.05, 0.1) is 6.67 Å². The second kappa shape index (κ2) is 5.99. The third kappa shape index (κ3) is 3.99. The normalized spacial score (nSPS) is 21.1. The van der Waals surface area contributed by atoms with E-state index in [4.69, 9.17) is 0 Å². The van der Waals surface area contributed by atoms with Crippen LogP contribution in [0.25, 0.3) is 0 Å². The van der Waals surface area contributed by atoms with Crippen molar-refractivity contribution in [3.8, 4) is 0 Å². The SMILES string of the molecule is FC(F)(F)c1ccn(CN(CC2CCCCC2)C2CC2)n1. The first-order valence-electron chi connectivity index (χ1n) is 7.87. The molecule has 6 heteroatoms. The van der Waals surface area contributed by atoms with Crippen LogP contribution in [0, 0.1) is 5.92 Å². The van der Waals surface area contributed by atoms with Crippen molar-refractivity contribution in [2.45, 2.75) is 63.8 Å². The molecule has 0 N–H and O–H groups in total. The smallest absolute Gasteiger partial charge is 0.281 e. The van der Waals surface area contributed by atoms with Crippen molar-refractivity contribution in [3.05, 3.63) is 18.0 Å². The van der Waals surface area contributed by atoms with Gasteiger partial charge in [-0.15, -0.1) is 0 Å². The Morgan fingerprint density at radius 2 is 1.86 bits per heavy atom. The molecule has 1 heterocycles. The maximum absolute atomic E-state index is 12.6. The zero-order valence-corrected chi connectivity index (χ0v) is 12.1. The Bertz CT molecular complexity index is 459. The zero-order valence-electron chi connectivity index (χ0n) is 12.1. The number of nitrogens with zero attached hydrogens (tertiary/aromatic N) is 3. The van der Waals surface area contributed by atoms with Gasteiger partial charge in [0.1, 0.15) is 0 Å². The van der Waals surface area contributed by atoms with Crippen molar-refractivity contribution in [1.29, 1.82) is 0 Å². The van der Waals surface area contributed by atoms with Crippen LogP contribution < -0.4 is 0 Å². The molecule has 118 valence electrons. The summed E-state index contributed by atoms with van der Waals surface area (Å²) in [6.07, 6.45) is 5.87. The maximum Gasteiger partial charge on any atom is 0.435 e. The van der Waals surface area contributed by atoms with Gasteiger partial charge in [-0.1, -0.05) is 19.3 Å². The van der Waals surface area contributed by atoms with Crippen LogP contribution >= 0.6 is 0 Å². The Hall–Kier alpha value is -1.04. The molecule has 0 saturated heterocycles. The fourth-order valence-electron chi connectivity index (χ4n) is 3.24. The molecule has 0 spiro atoms. The van der Waals surface area contributed by atoms with Gasteiger partial charge in [0.25, 0.3) is 0 Å². The van der Waals surface area contributed by atoms with E-state index in [1.807, 2.05) is 0 Å². The minimum Gasteiger partial charge on any atom is -0.281 e. The summed E-state index contributed by atoms with van der Waals surface area (Å²) in [7, 11) is 0. The Kier molecular flexibility index (Phi) is 4.24. The van der Waals surface area contributed by atoms with E-state index in [1.165, 1.54) is 55.8 Å². The summed E-state index contributed by atoms with van der Waals surface area (Å²) in [5, 5.41) is 3.67. The van der Waals surface area contributed by atoms with E-state index in [0.717, 1.165) is 12.6 Å². The summed E-state index contributed by atoms with van der Waals surface area (Å²) >= 11 is 0. The highest BCUT2D eigenvalue weighted by molar-refractivity contribution is 5.03. The molecule has 0 bridgehead atoms. The van der Waals surface area contributed by atoms with Crippen molar-refractivity contribution in [2.24, 2.45) is 5.92 Å². The molecule has 0 aromatic carbocycles. The third-order valence-electron chi connectivity index (χ3n) is 4.54. The van der Waals surface area contributed by atoms with Gasteiger partial charge in [0.15, 0.2) is 5.69 Å². The molecular formula is C15H22F3N3. The summed E-state index contributed by atoms with van der Waals surface area (Å²) in [4.78, 5) is 2.32. The molecule has 3 nitrogen and oxygen atoms in total. The summed E-state index contributed by atoms with van der Waals surface area (Å²) < 4.78 is 39.2. The first-order chi connectivity index (χ1) is 10.0. The lowest BCUT2D eigenvalue weighted by Gasteiger charge is -2.29. The van der Waals surface area contributed by atoms with Crippen LogP contribution in [0.3, 0.4) is 0 Å². The molecule has 0 amide bonds. The monoisotopic (exact) mass is 301 g/mol. The number of rotatable bonds is 5. The molecule has 3 rings (SSSR count). The molecule has 2 aliphatic carbocycles. The molecular weight excluding hydrogens is 279 g/mol. The van der Waals surface area contributed by atoms with Crippen LogP contribution in [0.5, 0.6) is 0 Å². The van der Waals surface area contributed by atoms with Gasteiger partial charge in [-0.3, -0.25) is 9.58 Å². The average molecular weight is 301 g/mol. The second-order valence-electron chi connectivity index (χ2n) is 6.39. The number of hydrogen-bond acceptors (Lipinski definition) is 2. The Balaban J connectivity index is 1.61. The summed E-state index contributed by atoms with van der Waals surface area (Å²) in [5.74, 6) is 0.706. The van der Waals surface area contributed by atoms with E-state index in [0.29, 0.717) is 18.6 Å². The van der Waals surface area contributed by atoms with Crippen LogP contribution in [0.4, 0.5) is 13.2 Å². The molecule has 1 aromatic heterocycles. The molecule has 1 aromatic rings. The van der Waals surface area contributed by atoms with E-state index in [9.17, 15) is 13.2 Å². The number of halogens is 3. The van der Waals surface area contributed by atoms with Gasteiger partial charge in [0, 0.05) is 18.8 Å². The van der Waals surface area contributed by atoms with Crippen molar-refractivity contribution in [1.82, 2.24) is 14.7 Å². The van der Waals surface area contributed by atoms with Gasteiger partial charge in [0.2, 0.25) is 0 Å². The minimum absolute atomic E-state index is 0.483. The maximum atomic E-state index is 12.6. The standard InChI is InChI=1S/C15H22F3N3/c16-15(17,18)14-8-9-21(19-14)11-20(13-6-7-13)10-12-4-2-1-3-5-12/h8-9,12-13H,1-7,10-11H2. The Labute approximate surface area is 123 Å². The summed E-state index contributed by atoms with van der Waals surface area (Å²) in [6.45, 7) is 1.49. The van der Waals surface area contributed by atoms with E-state index in [1.54, 1.807) is 0 Å². The topological polar surface area (TPSA) is 21.1 Å². The van der Waals surface area contributed by atoms with Crippen molar-refractivity contribution in [2.75, 3.05) is 6.54 Å². The number of hydrogen-bond donors (Lipinski definition) is 0. The molecule has 0 aliphatic heterocycles. The highest BCUT2D eigenvalue weighted by atomic mass is 19.4. The summed E-state index contributed by atoms with van der Waals surface area (Å²) in [5.41, 5.74) is -0.795. The summed E-state index contributed by atoms with van der Waals surface area (Å²) in [6, 6.07) is 1.61. The lowest BCUT2D eigenvalue weighted by molar-refractivity contribution is -0.141. The van der Waals surface area contributed by atoms with Crippen molar-refractivity contribution in [3.63, 3.8) is 0 Å². The first-order valence-corrected chi connectivity index (χ1v) is 7.87. The van der Waals surface area contributed by atoms with Crippen LogP contribution in [0.15, 0.2) is 12.3 Å². The van der Waals surface area contributed by atoms with Crippen molar-refractivity contribution < 1.29 is 13.2 Å². The lowest BCUT2D eigenvalue weighted by atomic mass is 9.89. The largest absolute Gasteiger partial charge is 0.435 e. The second-order valence-corrected chi connectivity index (χ2v) is 6.39. The first kappa shape index (κ1) is 14.9. The van der Waals surface area contributed by atoms with Crippen LogP contribution in [0.2, 0.25) is 0 Å². The molecule has 0 atom stereocenters. The number of alkyl halides is 3. The predicted octanol–water partition coefficient (Wildman–Crippen LogP) is 3.90. The van der Waals surface area contributed by atoms with E-state index >= 15 is 0 Å². The Morgan fingerprint density at radius 3 is 2.43 bits per heavy atom. The van der Waals surface area contributed by atoms with Crippen LogP contribution in [-0.2, 0) is 12.8 Å². The molecule has 2 saturated carbocycles. The van der Waals surface area contributed by atoms with Crippen LogP contribution in [0.1, 0.15) is 50.6 Å². The van der Waals surface area contributed by atoms with Gasteiger partial charge >= 0.3 is 6.18 Å². The van der Waals surface area contributed by atoms with Gasteiger partial charge in [-0.25, -0.2) is 0 Å². The quantitative estimate of drug-likeness (QED) is 0.822. The van der Waals surface area contributed by atoms with E-state index in [2.05, 4.69) is 10.00 Å². The number of aromatic nitrogens is 2. The highest BCUT2D eigenvalue weighted by Gasteiger charge is 2.35. The van der Waals surface area contributed by atoms with Gasteiger partial charge in [-0.2, -0.15) is 18.3 Å². The average Bonchev–Trinajstić information content (AvgIpc) is 3.17. The minimum atomic E-state index is -4.35. The van der Waals surface area contributed by atoms with E-state index in [-0.39, 0.29) is 0 Å². The van der Waals surface area contributed by atoms with Gasteiger partial charge < -0.3 is 0 Å². The molecule has 2 aliphatic rings. The lowest BCUT2D eigenvalue weighted by Crippen LogP contribution is -2.34. The zero-order chi connectivity index (χ0) is 14.9. The molecule has 0 radical (unpaired) electrons. The highest BCUT2D eigenvalue weighted by Crippen LogP contribution is 2.32. The van der Waals surface area contributed by atoms with Crippen molar-refractivity contribution >= 4 is 0 Å². The molecule has 0 unspecified atom stereocenters.